The molecule has 0 heterocycles. The molecule has 0 bridgehead atoms. The van der Waals surface area contributed by atoms with Gasteiger partial charge in [0.1, 0.15) is 6.61 Å². The number of allylic oxidation sites excluding steroid dienone is 22. The van der Waals surface area contributed by atoms with Gasteiger partial charge in [-0.05, 0) is 122 Å². The Kier molecular flexibility index (Phi) is 54.0. The summed E-state index contributed by atoms with van der Waals surface area (Å²) in [7, 11) is 0. The van der Waals surface area contributed by atoms with Crippen molar-refractivity contribution in [2.24, 2.45) is 0 Å². The zero-order valence-electron chi connectivity index (χ0n) is 44.1. The monoisotopic (exact) mass is 939 g/mol. The van der Waals surface area contributed by atoms with Gasteiger partial charge in [0.15, 0.2) is 6.10 Å². The van der Waals surface area contributed by atoms with Gasteiger partial charge in [0.2, 0.25) is 0 Å². The van der Waals surface area contributed by atoms with Gasteiger partial charge in [-0.3, -0.25) is 9.59 Å². The van der Waals surface area contributed by atoms with E-state index < -0.39 is 6.10 Å². The quantitative estimate of drug-likeness (QED) is 0.0345. The van der Waals surface area contributed by atoms with Gasteiger partial charge < -0.3 is 14.2 Å². The van der Waals surface area contributed by atoms with Crippen LogP contribution in [0.15, 0.2) is 134 Å². The topological polar surface area (TPSA) is 61.8 Å². The summed E-state index contributed by atoms with van der Waals surface area (Å²) < 4.78 is 17.4. The lowest BCUT2D eigenvalue weighted by Crippen LogP contribution is -2.30. The second-order valence-electron chi connectivity index (χ2n) is 17.7. The number of rotatable bonds is 49. The van der Waals surface area contributed by atoms with E-state index in [1.807, 2.05) is 6.08 Å². The van der Waals surface area contributed by atoms with E-state index in [0.29, 0.717) is 25.9 Å². The predicted octanol–water partition coefficient (Wildman–Crippen LogP) is 19.1. The Balaban J connectivity index is 4.45. The van der Waals surface area contributed by atoms with Crippen molar-refractivity contribution in [2.75, 3.05) is 19.8 Å². The second-order valence-corrected chi connectivity index (χ2v) is 17.7. The van der Waals surface area contributed by atoms with Crippen molar-refractivity contribution in [1.29, 1.82) is 0 Å². The Labute approximate surface area is 419 Å². The lowest BCUT2D eigenvalue weighted by atomic mass is 10.1. The van der Waals surface area contributed by atoms with E-state index in [4.69, 9.17) is 14.2 Å². The molecule has 0 aromatic carbocycles. The molecule has 0 aromatic rings. The highest BCUT2D eigenvalue weighted by Gasteiger charge is 2.17. The van der Waals surface area contributed by atoms with Gasteiger partial charge in [0.25, 0.3) is 0 Å². The summed E-state index contributed by atoms with van der Waals surface area (Å²) in [5.74, 6) is -0.521. The molecule has 0 saturated carbocycles. The second kappa shape index (κ2) is 57.4. The fourth-order valence-corrected chi connectivity index (χ4v) is 7.11. The van der Waals surface area contributed by atoms with Crippen LogP contribution in [0.2, 0.25) is 0 Å². The smallest absolute Gasteiger partial charge is 0.306 e. The van der Waals surface area contributed by atoms with Crippen molar-refractivity contribution < 1.29 is 23.8 Å². The lowest BCUT2D eigenvalue weighted by Gasteiger charge is -2.18. The van der Waals surface area contributed by atoms with E-state index in [-0.39, 0.29) is 25.2 Å². The molecule has 0 aliphatic heterocycles. The molecule has 384 valence electrons. The van der Waals surface area contributed by atoms with Crippen LogP contribution in [0.5, 0.6) is 0 Å². The molecule has 1 unspecified atom stereocenters. The number of hydrogen-bond donors (Lipinski definition) is 0. The average molecular weight is 940 g/mol. The van der Waals surface area contributed by atoms with E-state index >= 15 is 0 Å². The Morgan fingerprint density at radius 2 is 0.691 bits per heavy atom. The van der Waals surface area contributed by atoms with Gasteiger partial charge in [0, 0.05) is 19.4 Å². The Morgan fingerprint density at radius 1 is 0.338 bits per heavy atom. The first kappa shape index (κ1) is 64.0. The van der Waals surface area contributed by atoms with Crippen LogP contribution in [0, 0.1) is 0 Å². The number of ether oxygens (including phenoxy) is 3. The van der Waals surface area contributed by atoms with E-state index in [2.05, 4.69) is 148 Å². The van der Waals surface area contributed by atoms with Gasteiger partial charge in [-0.1, -0.05) is 225 Å². The summed E-state index contributed by atoms with van der Waals surface area (Å²) in [5, 5.41) is 0. The van der Waals surface area contributed by atoms with E-state index in [1.54, 1.807) is 0 Å². The standard InChI is InChI=1S/C63H102O5/c1-4-7-10-13-16-19-22-25-28-30-32-33-36-38-41-44-47-50-53-56-62(64)67-60-61(68-63(65)57-54-51-48-45-42-39-35-27-24-21-18-15-12-9-6-3)59-66-58-55-52-49-46-43-40-37-34-31-29-26-23-20-17-14-11-8-5-2/h7-8,10-11,16-21,25-29,32-33,35,38,41,47,50,61H,4-6,9,12-15,22-24,30-31,34,36-37,39-40,42-46,48-49,51-60H2,1-3H3/b10-7-,11-8-,19-16-,20-17-,21-18-,28-25-,29-26-,33-32-,35-27-,41-38-,50-47-. The van der Waals surface area contributed by atoms with Crippen LogP contribution in [-0.4, -0.2) is 37.9 Å². The van der Waals surface area contributed by atoms with Crippen molar-refractivity contribution in [3.05, 3.63) is 134 Å². The minimum atomic E-state index is -0.588. The van der Waals surface area contributed by atoms with Crippen LogP contribution < -0.4 is 0 Å². The summed E-state index contributed by atoms with van der Waals surface area (Å²) in [5.41, 5.74) is 0. The molecule has 5 nitrogen and oxygen atoms in total. The van der Waals surface area contributed by atoms with Gasteiger partial charge in [0.05, 0.1) is 6.61 Å². The largest absolute Gasteiger partial charge is 0.462 e. The summed E-state index contributed by atoms with van der Waals surface area (Å²) >= 11 is 0. The SMILES string of the molecule is CC/C=C\C/C=C\C/C=C\C/C=C\C/C=C\C/C=C\CCC(=O)OCC(COCCCCCCCCCC/C=C\C/C=C\C/C=C\CC)OC(=O)CCCCCCC/C=C\C/C=C\CCCCC. The summed E-state index contributed by atoms with van der Waals surface area (Å²) in [6.45, 7) is 7.46. The molecular formula is C63H102O5. The van der Waals surface area contributed by atoms with E-state index in [1.165, 1.54) is 83.5 Å². The molecule has 0 radical (unpaired) electrons. The zero-order valence-corrected chi connectivity index (χ0v) is 44.1. The average Bonchev–Trinajstić information content (AvgIpc) is 3.34. The van der Waals surface area contributed by atoms with Gasteiger partial charge in [-0.15, -0.1) is 0 Å². The molecule has 0 saturated heterocycles. The van der Waals surface area contributed by atoms with Crippen LogP contribution >= 0.6 is 0 Å². The Hall–Kier alpha value is -3.96. The Morgan fingerprint density at radius 3 is 1.12 bits per heavy atom. The molecule has 0 spiro atoms. The fourth-order valence-electron chi connectivity index (χ4n) is 7.11. The third kappa shape index (κ3) is 54.6. The van der Waals surface area contributed by atoms with Crippen molar-refractivity contribution in [1.82, 2.24) is 0 Å². The first-order valence-corrected chi connectivity index (χ1v) is 27.7. The minimum absolute atomic E-state index is 0.0280. The highest BCUT2D eigenvalue weighted by molar-refractivity contribution is 5.70. The van der Waals surface area contributed by atoms with Crippen molar-refractivity contribution >= 4 is 11.9 Å². The highest BCUT2D eigenvalue weighted by atomic mass is 16.6. The molecule has 0 aliphatic rings. The third-order valence-corrected chi connectivity index (χ3v) is 11.2. The first-order chi connectivity index (χ1) is 33.6. The molecule has 68 heavy (non-hydrogen) atoms. The Bertz CT molecular complexity index is 1430. The molecule has 0 aliphatic carbocycles. The van der Waals surface area contributed by atoms with Crippen LogP contribution in [0.25, 0.3) is 0 Å². The van der Waals surface area contributed by atoms with Crippen LogP contribution in [0.3, 0.4) is 0 Å². The lowest BCUT2D eigenvalue weighted by molar-refractivity contribution is -0.162. The van der Waals surface area contributed by atoms with Gasteiger partial charge in [-0.2, -0.15) is 0 Å². The van der Waals surface area contributed by atoms with E-state index in [9.17, 15) is 9.59 Å². The first-order valence-electron chi connectivity index (χ1n) is 27.7. The maximum absolute atomic E-state index is 12.8. The molecule has 5 heteroatoms. The summed E-state index contributed by atoms with van der Waals surface area (Å²) in [4.78, 5) is 25.5. The minimum Gasteiger partial charge on any atom is -0.462 e. The number of unbranched alkanes of at least 4 members (excludes halogenated alkanes) is 16. The van der Waals surface area contributed by atoms with Gasteiger partial charge in [-0.25, -0.2) is 0 Å². The molecule has 0 fully saturated rings. The normalized spacial score (nSPS) is 13.3. The molecule has 0 rings (SSSR count). The van der Waals surface area contributed by atoms with Crippen LogP contribution in [-0.2, 0) is 23.8 Å². The molecular weight excluding hydrogens is 837 g/mol. The van der Waals surface area contributed by atoms with Crippen molar-refractivity contribution in [3.8, 4) is 0 Å². The highest BCUT2D eigenvalue weighted by Crippen LogP contribution is 2.13. The third-order valence-electron chi connectivity index (χ3n) is 11.2. The number of hydrogen-bond acceptors (Lipinski definition) is 5. The van der Waals surface area contributed by atoms with Crippen LogP contribution in [0.1, 0.15) is 226 Å². The van der Waals surface area contributed by atoms with Gasteiger partial charge >= 0.3 is 11.9 Å². The summed E-state index contributed by atoms with van der Waals surface area (Å²) in [6, 6.07) is 0. The van der Waals surface area contributed by atoms with Crippen LogP contribution in [0.4, 0.5) is 0 Å². The maximum atomic E-state index is 12.8. The maximum Gasteiger partial charge on any atom is 0.306 e. The molecule has 0 aromatic heterocycles. The number of carbonyl (C=O) groups excluding carboxylic acids is 2. The molecule has 0 amide bonds. The van der Waals surface area contributed by atoms with E-state index in [0.717, 1.165) is 103 Å². The number of esters is 2. The predicted molar refractivity (Wildman–Crippen MR) is 297 cm³/mol. The van der Waals surface area contributed by atoms with Crippen molar-refractivity contribution in [2.45, 2.75) is 232 Å². The number of carbonyl (C=O) groups is 2. The molecule has 1 atom stereocenters. The zero-order chi connectivity index (χ0) is 49.2. The fraction of sp³-hybridized carbons (Fsp3) is 0.619. The molecule has 0 N–H and O–H groups in total. The van der Waals surface area contributed by atoms with Crippen molar-refractivity contribution in [3.63, 3.8) is 0 Å². The summed E-state index contributed by atoms with van der Waals surface area (Å²) in [6.07, 6.45) is 81.9.